The summed E-state index contributed by atoms with van der Waals surface area (Å²) < 4.78 is 11.6. The third-order valence-corrected chi connectivity index (χ3v) is 4.91. The number of hydrogen-bond acceptors (Lipinski definition) is 5. The highest BCUT2D eigenvalue weighted by Crippen LogP contribution is 2.26. The highest BCUT2D eigenvalue weighted by Gasteiger charge is 2.12. The Balaban J connectivity index is 1.85. The zero-order valence-corrected chi connectivity index (χ0v) is 17.8. The Kier molecular flexibility index (Phi) is 6.20. The van der Waals surface area contributed by atoms with Gasteiger partial charge in [0.05, 0.1) is 19.9 Å². The molecule has 7 nitrogen and oxygen atoms in total. The number of aryl methyl sites for hydroxylation is 3. The first-order valence-electron chi connectivity index (χ1n) is 9.50. The smallest absolute Gasteiger partial charge is 0.267 e. The summed E-state index contributed by atoms with van der Waals surface area (Å²) in [5.74, 6) is 0.716. The first-order valence-corrected chi connectivity index (χ1v) is 9.50. The van der Waals surface area contributed by atoms with E-state index in [2.05, 4.69) is 23.4 Å². The van der Waals surface area contributed by atoms with Gasteiger partial charge in [0.25, 0.3) is 5.56 Å². The predicted molar refractivity (Wildman–Crippen MR) is 116 cm³/mol. The van der Waals surface area contributed by atoms with E-state index in [9.17, 15) is 9.59 Å². The van der Waals surface area contributed by atoms with Crippen molar-refractivity contribution < 1.29 is 14.3 Å². The summed E-state index contributed by atoms with van der Waals surface area (Å²) in [5.41, 5.74) is 5.13. The molecule has 0 fully saturated rings. The zero-order valence-electron chi connectivity index (χ0n) is 17.8. The summed E-state index contributed by atoms with van der Waals surface area (Å²) in [6.07, 6.45) is 0. The Morgan fingerprint density at radius 1 is 0.933 bits per heavy atom. The average Bonchev–Trinajstić information content (AvgIpc) is 2.72. The second-order valence-corrected chi connectivity index (χ2v) is 7.12. The number of ether oxygens (including phenoxy) is 2. The maximum absolute atomic E-state index is 12.6. The molecule has 30 heavy (non-hydrogen) atoms. The van der Waals surface area contributed by atoms with E-state index in [1.165, 1.54) is 25.8 Å². The molecule has 0 radical (unpaired) electrons. The van der Waals surface area contributed by atoms with Crippen molar-refractivity contribution in [3.8, 4) is 22.8 Å². The summed E-state index contributed by atoms with van der Waals surface area (Å²) in [7, 11) is 3.06. The van der Waals surface area contributed by atoms with Crippen LogP contribution in [0.5, 0.6) is 11.5 Å². The number of nitrogens with one attached hydrogen (secondary N) is 1. The lowest BCUT2D eigenvalue weighted by Crippen LogP contribution is -2.29. The molecule has 0 saturated heterocycles. The number of hydrogen-bond donors (Lipinski definition) is 1. The maximum atomic E-state index is 12.6. The van der Waals surface area contributed by atoms with Crippen LogP contribution in [0.2, 0.25) is 0 Å². The van der Waals surface area contributed by atoms with Crippen molar-refractivity contribution in [1.82, 2.24) is 9.78 Å². The first kappa shape index (κ1) is 21.1. The van der Waals surface area contributed by atoms with Gasteiger partial charge in [-0.1, -0.05) is 6.07 Å². The average molecular weight is 407 g/mol. The largest absolute Gasteiger partial charge is 0.497 e. The first-order chi connectivity index (χ1) is 14.3. The summed E-state index contributed by atoms with van der Waals surface area (Å²) in [6.45, 7) is 5.88. The summed E-state index contributed by atoms with van der Waals surface area (Å²) in [6, 6.07) is 12.3. The molecule has 2 aromatic carbocycles. The Morgan fingerprint density at radius 2 is 1.57 bits per heavy atom. The number of rotatable bonds is 6. The minimum Gasteiger partial charge on any atom is -0.497 e. The normalized spacial score (nSPS) is 10.6. The van der Waals surface area contributed by atoms with Crippen LogP contribution in [0.1, 0.15) is 16.7 Å². The van der Waals surface area contributed by atoms with Crippen molar-refractivity contribution in [1.29, 1.82) is 0 Å². The van der Waals surface area contributed by atoms with Crippen LogP contribution in [-0.4, -0.2) is 29.9 Å². The van der Waals surface area contributed by atoms with E-state index >= 15 is 0 Å². The number of aromatic nitrogens is 2. The molecule has 0 spiro atoms. The SMILES string of the molecule is COc1cc(NC(=O)Cn2nc(-c3cc(C)c(C)cc3C)ccc2=O)cc(OC)c1. The molecular formula is C23H25N3O4. The molecule has 156 valence electrons. The van der Waals surface area contributed by atoms with Crippen LogP contribution in [-0.2, 0) is 11.3 Å². The molecule has 0 aliphatic carbocycles. The highest BCUT2D eigenvalue weighted by atomic mass is 16.5. The number of amides is 1. The molecule has 0 bridgehead atoms. The molecule has 7 heteroatoms. The van der Waals surface area contributed by atoms with Crippen LogP contribution in [0.25, 0.3) is 11.3 Å². The summed E-state index contributed by atoms with van der Waals surface area (Å²) in [5, 5.41) is 7.17. The van der Waals surface area contributed by atoms with Gasteiger partial charge in [-0.25, -0.2) is 4.68 Å². The van der Waals surface area contributed by atoms with Crippen molar-refractivity contribution in [2.24, 2.45) is 0 Å². The van der Waals surface area contributed by atoms with E-state index in [-0.39, 0.29) is 18.0 Å². The molecule has 0 unspecified atom stereocenters. The van der Waals surface area contributed by atoms with Crippen molar-refractivity contribution in [3.63, 3.8) is 0 Å². The highest BCUT2D eigenvalue weighted by molar-refractivity contribution is 5.91. The Hall–Kier alpha value is -3.61. The predicted octanol–water partition coefficient (Wildman–Crippen LogP) is 3.49. The molecule has 3 aromatic rings. The molecular weight excluding hydrogens is 382 g/mol. The lowest BCUT2D eigenvalue weighted by Gasteiger charge is -2.12. The number of carbonyl (C=O) groups is 1. The zero-order chi connectivity index (χ0) is 21.8. The number of anilines is 1. The third-order valence-electron chi connectivity index (χ3n) is 4.91. The number of carbonyl (C=O) groups excluding carboxylic acids is 1. The second-order valence-electron chi connectivity index (χ2n) is 7.12. The monoisotopic (exact) mass is 407 g/mol. The molecule has 0 saturated carbocycles. The van der Waals surface area contributed by atoms with Crippen molar-refractivity contribution in [3.05, 3.63) is 69.5 Å². The van der Waals surface area contributed by atoms with E-state index in [1.54, 1.807) is 24.3 Å². The van der Waals surface area contributed by atoms with Crippen LogP contribution in [0.3, 0.4) is 0 Å². The minimum atomic E-state index is -0.381. The Morgan fingerprint density at radius 3 is 2.20 bits per heavy atom. The fourth-order valence-corrected chi connectivity index (χ4v) is 3.16. The van der Waals surface area contributed by atoms with Gasteiger partial charge in [0.15, 0.2) is 0 Å². The van der Waals surface area contributed by atoms with Gasteiger partial charge in [0, 0.05) is 35.5 Å². The van der Waals surface area contributed by atoms with E-state index in [0.29, 0.717) is 22.9 Å². The van der Waals surface area contributed by atoms with Gasteiger partial charge in [0.1, 0.15) is 18.0 Å². The lowest BCUT2D eigenvalue weighted by molar-refractivity contribution is -0.117. The fraction of sp³-hybridized carbons (Fsp3) is 0.261. The van der Waals surface area contributed by atoms with Gasteiger partial charge in [-0.3, -0.25) is 9.59 Å². The van der Waals surface area contributed by atoms with Crippen LogP contribution < -0.4 is 20.3 Å². The molecule has 1 heterocycles. The standard InChI is InChI=1S/C23H25N3O4/c1-14-8-16(3)20(9-15(14)2)21-6-7-23(28)26(25-21)13-22(27)24-17-10-18(29-4)12-19(11-17)30-5/h6-12H,13H2,1-5H3,(H,24,27). The van der Waals surface area contributed by atoms with Gasteiger partial charge in [-0.05, 0) is 49.6 Å². The lowest BCUT2D eigenvalue weighted by atomic mass is 9.99. The van der Waals surface area contributed by atoms with Crippen molar-refractivity contribution in [2.45, 2.75) is 27.3 Å². The fourth-order valence-electron chi connectivity index (χ4n) is 3.16. The Labute approximate surface area is 175 Å². The van der Waals surface area contributed by atoms with E-state index in [0.717, 1.165) is 21.4 Å². The minimum absolute atomic E-state index is 0.212. The van der Waals surface area contributed by atoms with Gasteiger partial charge in [0.2, 0.25) is 5.91 Å². The number of nitrogens with zero attached hydrogens (tertiary/aromatic N) is 2. The quantitative estimate of drug-likeness (QED) is 0.676. The van der Waals surface area contributed by atoms with E-state index in [1.807, 2.05) is 19.9 Å². The molecule has 0 atom stereocenters. The van der Waals surface area contributed by atoms with Crippen molar-refractivity contribution >= 4 is 11.6 Å². The molecule has 3 rings (SSSR count). The van der Waals surface area contributed by atoms with E-state index < -0.39 is 0 Å². The number of benzene rings is 2. The van der Waals surface area contributed by atoms with Crippen LogP contribution in [0.4, 0.5) is 5.69 Å². The van der Waals surface area contributed by atoms with Crippen molar-refractivity contribution in [2.75, 3.05) is 19.5 Å². The molecule has 1 amide bonds. The summed E-state index contributed by atoms with van der Waals surface area (Å²) in [4.78, 5) is 24.8. The molecule has 0 aliphatic rings. The van der Waals surface area contributed by atoms with Gasteiger partial charge in [-0.2, -0.15) is 5.10 Å². The third kappa shape index (κ3) is 4.68. The van der Waals surface area contributed by atoms with Crippen LogP contribution in [0.15, 0.2) is 47.3 Å². The van der Waals surface area contributed by atoms with Crippen LogP contribution in [0, 0.1) is 20.8 Å². The van der Waals surface area contributed by atoms with Gasteiger partial charge >= 0.3 is 0 Å². The van der Waals surface area contributed by atoms with E-state index in [4.69, 9.17) is 9.47 Å². The molecule has 0 aliphatic heterocycles. The maximum Gasteiger partial charge on any atom is 0.267 e. The molecule has 1 N–H and O–H groups in total. The van der Waals surface area contributed by atoms with Gasteiger partial charge < -0.3 is 14.8 Å². The summed E-state index contributed by atoms with van der Waals surface area (Å²) >= 11 is 0. The van der Waals surface area contributed by atoms with Crippen LogP contribution >= 0.6 is 0 Å². The Bertz CT molecular complexity index is 1130. The molecule has 1 aromatic heterocycles. The second kappa shape index (κ2) is 8.82. The number of methoxy groups -OCH3 is 2. The topological polar surface area (TPSA) is 82.5 Å². The van der Waals surface area contributed by atoms with Gasteiger partial charge in [-0.15, -0.1) is 0 Å².